The summed E-state index contributed by atoms with van der Waals surface area (Å²) in [6, 6.07) is 2.60. The number of aromatic nitrogens is 4. The predicted molar refractivity (Wildman–Crippen MR) is 128 cm³/mol. The number of carbonyl (C=O) groups is 1. The zero-order valence-electron chi connectivity index (χ0n) is 19.1. The average molecular weight is 516 g/mol. The Morgan fingerprint density at radius 2 is 2.11 bits per heavy atom. The number of rotatable bonds is 9. The number of ether oxygens (including phenoxy) is 2. The summed E-state index contributed by atoms with van der Waals surface area (Å²) in [6.07, 6.45) is 8.28. The number of hydrogen-bond acceptors (Lipinski definition) is 10. The van der Waals surface area contributed by atoms with Gasteiger partial charge in [0.1, 0.15) is 5.69 Å². The number of pyridine rings is 1. The van der Waals surface area contributed by atoms with Crippen LogP contribution < -0.4 is 10.1 Å². The molecule has 1 aliphatic heterocycles. The van der Waals surface area contributed by atoms with E-state index in [1.165, 1.54) is 29.8 Å². The van der Waals surface area contributed by atoms with Crippen LogP contribution in [0, 0.1) is 5.92 Å². The van der Waals surface area contributed by atoms with Gasteiger partial charge in [0.05, 0.1) is 52.4 Å². The molecule has 1 N–H and O–H groups in total. The fourth-order valence-corrected chi connectivity index (χ4v) is 6.43. The molecule has 0 bridgehead atoms. The highest BCUT2D eigenvalue weighted by Crippen LogP contribution is 2.35. The van der Waals surface area contributed by atoms with Crippen molar-refractivity contribution < 1.29 is 22.7 Å². The number of sulfone groups is 1. The quantitative estimate of drug-likeness (QED) is 0.456. The fourth-order valence-electron chi connectivity index (χ4n) is 3.98. The molecule has 2 fully saturated rings. The van der Waals surface area contributed by atoms with Crippen molar-refractivity contribution in [2.24, 2.45) is 5.92 Å². The molecular weight excluding hydrogens is 490 g/mol. The Morgan fingerprint density at radius 1 is 1.26 bits per heavy atom. The molecule has 4 heterocycles. The summed E-state index contributed by atoms with van der Waals surface area (Å²) in [7, 11) is -3.38. The Morgan fingerprint density at radius 3 is 2.86 bits per heavy atom. The van der Waals surface area contributed by atoms with Crippen molar-refractivity contribution >= 4 is 27.1 Å². The minimum Gasteiger partial charge on any atom is -0.477 e. The minimum atomic E-state index is -3.38. The molecule has 1 saturated heterocycles. The van der Waals surface area contributed by atoms with E-state index in [9.17, 15) is 13.2 Å². The molecule has 5 rings (SSSR count). The van der Waals surface area contributed by atoms with Gasteiger partial charge in [-0.1, -0.05) is 0 Å². The van der Waals surface area contributed by atoms with Gasteiger partial charge in [-0.15, -0.1) is 11.3 Å². The first-order valence-corrected chi connectivity index (χ1v) is 13.8. The largest absolute Gasteiger partial charge is 0.477 e. The summed E-state index contributed by atoms with van der Waals surface area (Å²) in [4.78, 5) is 31.4. The number of thiazole rings is 1. The second kappa shape index (κ2) is 9.96. The fraction of sp³-hybridized carbons (Fsp3) is 0.435. The first-order valence-electron chi connectivity index (χ1n) is 11.4. The molecule has 3 aromatic rings. The van der Waals surface area contributed by atoms with E-state index < -0.39 is 15.9 Å². The Hall–Kier alpha value is -2.96. The van der Waals surface area contributed by atoms with E-state index in [0.29, 0.717) is 54.8 Å². The van der Waals surface area contributed by atoms with Gasteiger partial charge in [0.2, 0.25) is 5.88 Å². The molecule has 0 aromatic carbocycles. The van der Waals surface area contributed by atoms with E-state index in [1.807, 2.05) is 6.92 Å². The Labute approximate surface area is 207 Å². The summed E-state index contributed by atoms with van der Waals surface area (Å²) >= 11 is 1.19. The van der Waals surface area contributed by atoms with E-state index in [2.05, 4.69) is 25.3 Å². The van der Waals surface area contributed by atoms with E-state index in [1.54, 1.807) is 18.5 Å². The molecule has 1 saturated carbocycles. The Kier molecular flexibility index (Phi) is 6.76. The van der Waals surface area contributed by atoms with Crippen LogP contribution >= 0.6 is 11.3 Å². The van der Waals surface area contributed by atoms with Crippen LogP contribution in [0.25, 0.3) is 10.6 Å². The average Bonchev–Trinajstić information content (AvgIpc) is 3.38. The summed E-state index contributed by atoms with van der Waals surface area (Å²) in [5.74, 6) is 0.000586. The van der Waals surface area contributed by atoms with Crippen molar-refractivity contribution in [1.82, 2.24) is 25.3 Å². The van der Waals surface area contributed by atoms with Crippen LogP contribution in [0.2, 0.25) is 0 Å². The summed E-state index contributed by atoms with van der Waals surface area (Å²) in [5.41, 5.74) is 1.07. The first-order chi connectivity index (χ1) is 17.0. The molecule has 1 aliphatic carbocycles. The van der Waals surface area contributed by atoms with Crippen molar-refractivity contribution in [2.45, 2.75) is 42.4 Å². The van der Waals surface area contributed by atoms with Crippen molar-refractivity contribution in [2.75, 3.05) is 19.8 Å². The molecule has 10 nitrogen and oxygen atoms in total. The third-order valence-corrected chi connectivity index (χ3v) is 9.22. The van der Waals surface area contributed by atoms with Gasteiger partial charge in [0.15, 0.2) is 14.8 Å². The maximum Gasteiger partial charge on any atom is 0.280 e. The molecule has 1 amide bonds. The lowest BCUT2D eigenvalue weighted by Gasteiger charge is -2.23. The van der Waals surface area contributed by atoms with E-state index in [4.69, 9.17) is 9.47 Å². The highest BCUT2D eigenvalue weighted by molar-refractivity contribution is 7.92. The second-order valence-electron chi connectivity index (χ2n) is 8.44. The van der Waals surface area contributed by atoms with E-state index >= 15 is 0 Å². The molecule has 2 aliphatic rings. The Bertz CT molecular complexity index is 1320. The van der Waals surface area contributed by atoms with Crippen LogP contribution in [-0.2, 0) is 14.6 Å². The van der Waals surface area contributed by atoms with Crippen LogP contribution in [0.1, 0.15) is 47.7 Å². The van der Waals surface area contributed by atoms with Crippen molar-refractivity contribution in [3.8, 4) is 16.5 Å². The normalized spacial score (nSPS) is 18.8. The van der Waals surface area contributed by atoms with E-state index in [0.717, 1.165) is 6.42 Å². The SMILES string of the molecule is CCOc1cncc(-c2cnc(C(=O)N[C@H](c3cc(S(=O)(=O)C4CC4)ccn3)C3CCOC3)s2)n1. The minimum absolute atomic E-state index is 0.0292. The number of nitrogens with one attached hydrogen (secondary N) is 1. The van der Waals surface area contributed by atoms with Crippen molar-refractivity contribution in [3.05, 3.63) is 47.6 Å². The third kappa shape index (κ3) is 5.19. The number of hydrogen-bond donors (Lipinski definition) is 1. The predicted octanol–water partition coefficient (Wildman–Crippen LogP) is 2.84. The lowest BCUT2D eigenvalue weighted by molar-refractivity contribution is 0.0914. The van der Waals surface area contributed by atoms with Gasteiger partial charge >= 0.3 is 0 Å². The molecular formula is C23H25N5O5S2. The molecule has 184 valence electrons. The molecule has 12 heteroatoms. The zero-order chi connectivity index (χ0) is 24.4. The molecule has 0 radical (unpaired) electrons. The van der Waals surface area contributed by atoms with Crippen LogP contribution in [0.15, 0.2) is 41.8 Å². The summed E-state index contributed by atoms with van der Waals surface area (Å²) in [6.45, 7) is 3.36. The molecule has 1 unspecified atom stereocenters. The first kappa shape index (κ1) is 23.8. The van der Waals surface area contributed by atoms with Gasteiger partial charge in [0, 0.05) is 24.9 Å². The highest BCUT2D eigenvalue weighted by atomic mass is 32.2. The van der Waals surface area contributed by atoms with Gasteiger partial charge in [-0.25, -0.2) is 18.4 Å². The highest BCUT2D eigenvalue weighted by Gasteiger charge is 2.38. The van der Waals surface area contributed by atoms with Crippen LogP contribution in [0.3, 0.4) is 0 Å². The molecule has 0 spiro atoms. The Balaban J connectivity index is 1.39. The standard InChI is InChI=1S/C23H25N5O5S2/c1-2-33-20-12-24-10-18(27-20)19-11-26-23(34-19)22(29)28-21(14-6-8-32-13-14)17-9-16(5-7-25-17)35(30,31)15-3-4-15/h5,7,9-12,14-15,21H,2-4,6,8,13H2,1H3,(H,28,29)/t14?,21-/m0/s1. The molecule has 2 atom stereocenters. The summed E-state index contributed by atoms with van der Waals surface area (Å²) in [5, 5.41) is 2.96. The van der Waals surface area contributed by atoms with Gasteiger partial charge in [-0.05, 0) is 38.3 Å². The van der Waals surface area contributed by atoms with Crippen LogP contribution in [-0.4, -0.2) is 59.3 Å². The maximum absolute atomic E-state index is 13.2. The lowest BCUT2D eigenvalue weighted by atomic mass is 9.95. The van der Waals surface area contributed by atoms with Gasteiger partial charge < -0.3 is 14.8 Å². The van der Waals surface area contributed by atoms with Crippen molar-refractivity contribution in [3.63, 3.8) is 0 Å². The van der Waals surface area contributed by atoms with Crippen LogP contribution in [0.5, 0.6) is 5.88 Å². The zero-order valence-corrected chi connectivity index (χ0v) is 20.7. The second-order valence-corrected chi connectivity index (χ2v) is 11.7. The smallest absolute Gasteiger partial charge is 0.280 e. The number of carbonyl (C=O) groups excluding carboxylic acids is 1. The molecule has 3 aromatic heterocycles. The van der Waals surface area contributed by atoms with Crippen LogP contribution in [0.4, 0.5) is 0 Å². The third-order valence-electron chi connectivity index (χ3n) is 5.94. The topological polar surface area (TPSA) is 133 Å². The van der Waals surface area contributed by atoms with Crippen molar-refractivity contribution in [1.29, 1.82) is 0 Å². The van der Waals surface area contributed by atoms with Gasteiger partial charge in [0.25, 0.3) is 5.91 Å². The van der Waals surface area contributed by atoms with Gasteiger partial charge in [-0.2, -0.15) is 0 Å². The lowest BCUT2D eigenvalue weighted by Crippen LogP contribution is -2.34. The maximum atomic E-state index is 13.2. The number of nitrogens with zero attached hydrogens (tertiary/aromatic N) is 4. The molecule has 35 heavy (non-hydrogen) atoms. The summed E-state index contributed by atoms with van der Waals surface area (Å²) < 4.78 is 36.5. The monoisotopic (exact) mass is 515 g/mol. The number of amides is 1. The van der Waals surface area contributed by atoms with Gasteiger partial charge in [-0.3, -0.25) is 14.8 Å². The van der Waals surface area contributed by atoms with E-state index in [-0.39, 0.29) is 27.0 Å².